The second-order valence-electron chi connectivity index (χ2n) is 6.05. The first kappa shape index (κ1) is 12.8. The van der Waals surface area contributed by atoms with Crippen LogP contribution >= 0.6 is 0 Å². The molecule has 5 heteroatoms. The molecule has 0 bridgehead atoms. The Kier molecular flexibility index (Phi) is 2.67. The predicted molar refractivity (Wildman–Crippen MR) is 74.7 cm³/mol. The lowest BCUT2D eigenvalue weighted by molar-refractivity contribution is 0.0696. The number of hydrogen-bond donors (Lipinski definition) is 1. The number of carbonyl (C=O) groups is 1. The molecule has 1 aromatic carbocycles. The van der Waals surface area contributed by atoms with Gasteiger partial charge in [0.1, 0.15) is 5.82 Å². The topological polar surface area (TPSA) is 53.4 Å². The number of fused-ring (bicyclic) bond motifs is 1. The van der Waals surface area contributed by atoms with Gasteiger partial charge in [-0.15, -0.1) is 0 Å². The van der Waals surface area contributed by atoms with Crippen LogP contribution in [0.25, 0.3) is 10.9 Å². The number of benzene rings is 1. The van der Waals surface area contributed by atoms with E-state index in [9.17, 15) is 9.18 Å². The van der Waals surface area contributed by atoms with Gasteiger partial charge in [-0.05, 0) is 23.6 Å². The average molecular weight is 274 g/mol. The minimum atomic E-state index is -1.06. The third-order valence-corrected chi connectivity index (χ3v) is 3.58. The Morgan fingerprint density at radius 2 is 2.05 bits per heavy atom. The van der Waals surface area contributed by atoms with Crippen molar-refractivity contribution in [2.75, 3.05) is 18.0 Å². The largest absolute Gasteiger partial charge is 0.478 e. The van der Waals surface area contributed by atoms with Gasteiger partial charge in [-0.1, -0.05) is 13.8 Å². The molecule has 1 aliphatic rings. The maximum Gasteiger partial charge on any atom is 0.337 e. The maximum atomic E-state index is 14.2. The molecule has 0 spiro atoms. The Balaban J connectivity index is 2.02. The van der Waals surface area contributed by atoms with Crippen LogP contribution in [-0.2, 0) is 0 Å². The normalized spacial score (nSPS) is 17.1. The van der Waals surface area contributed by atoms with Gasteiger partial charge >= 0.3 is 5.97 Å². The summed E-state index contributed by atoms with van der Waals surface area (Å²) in [5.41, 5.74) is 1.42. The molecule has 2 heterocycles. The van der Waals surface area contributed by atoms with Crippen molar-refractivity contribution in [1.82, 2.24) is 4.98 Å². The highest BCUT2D eigenvalue weighted by atomic mass is 19.1. The fourth-order valence-electron chi connectivity index (χ4n) is 2.65. The summed E-state index contributed by atoms with van der Waals surface area (Å²) in [6.07, 6.45) is 1.30. The van der Waals surface area contributed by atoms with Crippen molar-refractivity contribution in [3.63, 3.8) is 0 Å². The zero-order valence-electron chi connectivity index (χ0n) is 11.4. The maximum absolute atomic E-state index is 14.2. The van der Waals surface area contributed by atoms with E-state index in [1.165, 1.54) is 18.3 Å². The summed E-state index contributed by atoms with van der Waals surface area (Å²) in [7, 11) is 0. The van der Waals surface area contributed by atoms with E-state index in [0.29, 0.717) is 16.6 Å². The van der Waals surface area contributed by atoms with E-state index in [1.807, 2.05) is 4.90 Å². The summed E-state index contributed by atoms with van der Waals surface area (Å²) in [5, 5.41) is 9.42. The van der Waals surface area contributed by atoms with Crippen LogP contribution in [0.5, 0.6) is 0 Å². The van der Waals surface area contributed by atoms with Gasteiger partial charge in [-0.2, -0.15) is 0 Å². The van der Waals surface area contributed by atoms with Gasteiger partial charge in [-0.3, -0.25) is 4.98 Å². The third-order valence-electron chi connectivity index (χ3n) is 3.58. The van der Waals surface area contributed by atoms with Crippen LogP contribution in [-0.4, -0.2) is 29.1 Å². The van der Waals surface area contributed by atoms with Crippen LogP contribution in [0.2, 0.25) is 0 Å². The minimum absolute atomic E-state index is 0.0646. The fourth-order valence-corrected chi connectivity index (χ4v) is 2.65. The zero-order chi connectivity index (χ0) is 14.5. The smallest absolute Gasteiger partial charge is 0.337 e. The van der Waals surface area contributed by atoms with Crippen molar-refractivity contribution < 1.29 is 14.3 Å². The molecule has 0 saturated carbocycles. The quantitative estimate of drug-likeness (QED) is 0.914. The first-order valence-electron chi connectivity index (χ1n) is 6.43. The summed E-state index contributed by atoms with van der Waals surface area (Å²) in [5.74, 6) is -1.40. The van der Waals surface area contributed by atoms with E-state index >= 15 is 0 Å². The van der Waals surface area contributed by atoms with E-state index in [1.54, 1.807) is 6.07 Å². The van der Waals surface area contributed by atoms with E-state index in [2.05, 4.69) is 18.8 Å². The van der Waals surface area contributed by atoms with Crippen LogP contribution < -0.4 is 4.90 Å². The minimum Gasteiger partial charge on any atom is -0.478 e. The molecule has 4 nitrogen and oxygen atoms in total. The van der Waals surface area contributed by atoms with Gasteiger partial charge < -0.3 is 10.0 Å². The number of aromatic carboxylic acids is 1. The Morgan fingerprint density at radius 1 is 1.35 bits per heavy atom. The van der Waals surface area contributed by atoms with Crippen molar-refractivity contribution in [2.24, 2.45) is 5.41 Å². The molecule has 3 rings (SSSR count). The molecule has 2 aromatic rings. The molecule has 0 amide bonds. The molecule has 0 radical (unpaired) electrons. The zero-order valence-corrected chi connectivity index (χ0v) is 11.4. The average Bonchev–Trinajstić information content (AvgIpc) is 2.34. The molecule has 0 unspecified atom stereocenters. The molecule has 0 atom stereocenters. The number of pyridine rings is 1. The van der Waals surface area contributed by atoms with Crippen molar-refractivity contribution in [3.8, 4) is 0 Å². The summed E-state index contributed by atoms with van der Waals surface area (Å²) < 4.78 is 14.2. The van der Waals surface area contributed by atoms with Crippen molar-refractivity contribution >= 4 is 22.6 Å². The summed E-state index contributed by atoms with van der Waals surface area (Å²) >= 11 is 0. The highest BCUT2D eigenvalue weighted by Gasteiger charge is 2.35. The van der Waals surface area contributed by atoms with Crippen LogP contribution in [0.3, 0.4) is 0 Å². The number of aromatic nitrogens is 1. The number of hydrogen-bond acceptors (Lipinski definition) is 3. The SMILES string of the molecule is CC1(C)CN(c2cc3ncc(C(=O)O)cc3cc2F)C1. The van der Waals surface area contributed by atoms with Crippen molar-refractivity contribution in [2.45, 2.75) is 13.8 Å². The lowest BCUT2D eigenvalue weighted by atomic mass is 9.84. The molecule has 1 fully saturated rings. The van der Waals surface area contributed by atoms with E-state index in [4.69, 9.17) is 5.11 Å². The Bertz CT molecular complexity index is 704. The fraction of sp³-hybridized carbons (Fsp3) is 0.333. The van der Waals surface area contributed by atoms with E-state index < -0.39 is 5.97 Å². The van der Waals surface area contributed by atoms with Crippen LogP contribution in [0, 0.1) is 11.2 Å². The molecular weight excluding hydrogens is 259 g/mol. The van der Waals surface area contributed by atoms with Gasteiger partial charge in [-0.25, -0.2) is 9.18 Å². The molecule has 0 aliphatic carbocycles. The second kappa shape index (κ2) is 4.16. The van der Waals surface area contributed by atoms with Crippen LogP contribution in [0.15, 0.2) is 24.4 Å². The van der Waals surface area contributed by atoms with Gasteiger partial charge in [0, 0.05) is 24.7 Å². The molecule has 1 aromatic heterocycles. The highest BCUT2D eigenvalue weighted by Crippen LogP contribution is 2.36. The van der Waals surface area contributed by atoms with Gasteiger partial charge in [0.25, 0.3) is 0 Å². The number of anilines is 1. The molecule has 1 aliphatic heterocycles. The first-order valence-corrected chi connectivity index (χ1v) is 6.43. The molecule has 104 valence electrons. The summed E-state index contributed by atoms with van der Waals surface area (Å²) in [6.45, 7) is 5.89. The number of rotatable bonds is 2. The van der Waals surface area contributed by atoms with Gasteiger partial charge in [0.15, 0.2) is 0 Å². The van der Waals surface area contributed by atoms with Crippen molar-refractivity contribution in [1.29, 1.82) is 0 Å². The summed E-state index contributed by atoms with van der Waals surface area (Å²) in [6, 6.07) is 4.48. The Hall–Kier alpha value is -2.17. The third kappa shape index (κ3) is 2.09. The number of nitrogens with zero attached hydrogens (tertiary/aromatic N) is 2. The molecule has 1 N–H and O–H groups in total. The second-order valence-corrected chi connectivity index (χ2v) is 6.05. The molecule has 1 saturated heterocycles. The Morgan fingerprint density at radius 3 is 2.65 bits per heavy atom. The lowest BCUT2D eigenvalue weighted by Gasteiger charge is -2.47. The predicted octanol–water partition coefficient (Wildman–Crippen LogP) is 2.92. The van der Waals surface area contributed by atoms with Crippen molar-refractivity contribution in [3.05, 3.63) is 35.8 Å². The number of halogens is 1. The van der Waals surface area contributed by atoms with Crippen LogP contribution in [0.1, 0.15) is 24.2 Å². The Labute approximate surface area is 115 Å². The monoisotopic (exact) mass is 274 g/mol. The summed E-state index contributed by atoms with van der Waals surface area (Å²) in [4.78, 5) is 17.0. The van der Waals surface area contributed by atoms with Crippen LogP contribution in [0.4, 0.5) is 10.1 Å². The lowest BCUT2D eigenvalue weighted by Crippen LogP contribution is -2.53. The first-order chi connectivity index (χ1) is 9.35. The van der Waals surface area contributed by atoms with E-state index in [-0.39, 0.29) is 16.8 Å². The van der Waals surface area contributed by atoms with Gasteiger partial charge in [0.2, 0.25) is 0 Å². The van der Waals surface area contributed by atoms with E-state index in [0.717, 1.165) is 13.1 Å². The molecular formula is C15H15FN2O2. The standard InChI is InChI=1S/C15H15FN2O2/c1-15(2)7-18(8-15)13-5-12-9(4-11(13)16)3-10(6-17-12)14(19)20/h3-6H,7-8H2,1-2H3,(H,19,20). The number of carboxylic acids is 1. The number of carboxylic acid groups (broad SMARTS) is 1. The molecule has 20 heavy (non-hydrogen) atoms. The van der Waals surface area contributed by atoms with Gasteiger partial charge in [0.05, 0.1) is 16.8 Å². The highest BCUT2D eigenvalue weighted by molar-refractivity contribution is 5.93.